The van der Waals surface area contributed by atoms with E-state index in [0.29, 0.717) is 48.5 Å². The number of hydrogen-bond acceptors (Lipinski definition) is 10. The molecule has 334 valence electrons. The topological polar surface area (TPSA) is 209 Å². The van der Waals surface area contributed by atoms with E-state index in [1.54, 1.807) is 24.4 Å². The molecule has 1 atom stereocenters. The van der Waals surface area contributed by atoms with Crippen LogP contribution >= 0.6 is 0 Å². The van der Waals surface area contributed by atoms with E-state index in [1.807, 2.05) is 36.4 Å². The Morgan fingerprint density at radius 3 is 2.34 bits per heavy atom. The molecule has 0 radical (unpaired) electrons. The molecule has 9 rings (SSSR count). The second-order valence-corrected chi connectivity index (χ2v) is 17.0. The number of carbonyl (C=O) groups is 5. The quantitative estimate of drug-likeness (QED) is 0.0619. The summed E-state index contributed by atoms with van der Waals surface area (Å²) in [4.78, 5) is 82.0. The van der Waals surface area contributed by atoms with Gasteiger partial charge in [-0.15, -0.1) is 0 Å². The highest BCUT2D eigenvalue weighted by Gasteiger charge is 2.40. The molecule has 2 aliphatic heterocycles. The van der Waals surface area contributed by atoms with Gasteiger partial charge < -0.3 is 20.3 Å². The summed E-state index contributed by atoms with van der Waals surface area (Å²) in [5.41, 5.74) is 6.59. The maximum Gasteiger partial charge on any atom is 0.347 e. The molecule has 16 nitrogen and oxygen atoms in total. The lowest BCUT2D eigenvalue weighted by atomic mass is 9.71. The number of H-pyrrole nitrogens is 1. The number of aromatic amines is 1. The van der Waals surface area contributed by atoms with Crippen molar-refractivity contribution in [2.75, 3.05) is 26.2 Å². The Morgan fingerprint density at radius 1 is 0.815 bits per heavy atom. The minimum atomic E-state index is -0.738. The first-order valence-corrected chi connectivity index (χ1v) is 22.4. The molecule has 3 aromatic heterocycles. The van der Waals surface area contributed by atoms with Crippen LogP contribution < -0.4 is 31.7 Å². The van der Waals surface area contributed by atoms with Crippen LogP contribution in [0.2, 0.25) is 0 Å². The second kappa shape index (κ2) is 18.9. The van der Waals surface area contributed by atoms with Crippen molar-refractivity contribution in [2.24, 2.45) is 0 Å². The number of benzene rings is 3. The molecule has 1 saturated carbocycles. The molecule has 0 unspecified atom stereocenters. The van der Waals surface area contributed by atoms with Gasteiger partial charge in [0.05, 0.1) is 24.3 Å². The van der Waals surface area contributed by atoms with Crippen molar-refractivity contribution in [3.63, 3.8) is 0 Å². The minimum Gasteiger partial charge on any atom is -0.483 e. The fourth-order valence-electron chi connectivity index (χ4n) is 9.16. The third kappa shape index (κ3) is 9.11. The van der Waals surface area contributed by atoms with Gasteiger partial charge >= 0.3 is 5.69 Å². The SMILES string of the molecule is O=C(CNC1(c2ccc(-c3nc4ccn5c(=O)[nH]nc5c4cc3-c3ccccc3)cc2)CCC1)NCCCCCCNC(=O)COc1cccc2c1CN([C@H]1CCCC(=O)NC1=O)C2=O. The van der Waals surface area contributed by atoms with Gasteiger partial charge in [-0.2, -0.15) is 5.10 Å². The van der Waals surface area contributed by atoms with E-state index < -0.39 is 11.9 Å². The van der Waals surface area contributed by atoms with Crippen LogP contribution in [0.25, 0.3) is 38.9 Å². The number of nitrogens with zero attached hydrogens (tertiary/aromatic N) is 4. The first kappa shape index (κ1) is 43.1. The maximum absolute atomic E-state index is 13.2. The average molecular weight is 878 g/mol. The molecule has 5 amide bonds. The van der Waals surface area contributed by atoms with Crippen molar-refractivity contribution >= 4 is 46.1 Å². The van der Waals surface area contributed by atoms with Gasteiger partial charge in [-0.3, -0.25) is 34.6 Å². The van der Waals surface area contributed by atoms with Crippen molar-refractivity contribution in [1.82, 2.24) is 45.7 Å². The third-order valence-corrected chi connectivity index (χ3v) is 12.9. The van der Waals surface area contributed by atoms with Crippen LogP contribution in [0.1, 0.15) is 85.7 Å². The number of hydrogen-bond donors (Lipinski definition) is 5. The molecule has 0 spiro atoms. The van der Waals surface area contributed by atoms with Gasteiger partial charge in [0.15, 0.2) is 12.3 Å². The number of imide groups is 1. The number of amides is 5. The Bertz CT molecular complexity index is 2830. The number of carbonyl (C=O) groups excluding carboxylic acids is 5. The fourth-order valence-corrected chi connectivity index (χ4v) is 9.16. The zero-order chi connectivity index (χ0) is 44.9. The molecule has 3 aromatic carbocycles. The highest BCUT2D eigenvalue weighted by molar-refractivity contribution is 6.05. The van der Waals surface area contributed by atoms with Gasteiger partial charge in [0.25, 0.3) is 11.8 Å². The Hall–Kier alpha value is -7.20. The van der Waals surface area contributed by atoms with Crippen molar-refractivity contribution < 1.29 is 28.7 Å². The smallest absolute Gasteiger partial charge is 0.347 e. The zero-order valence-corrected chi connectivity index (χ0v) is 36.0. The lowest BCUT2D eigenvalue weighted by molar-refractivity contribution is -0.132. The van der Waals surface area contributed by atoms with Gasteiger partial charge in [-0.1, -0.05) is 73.5 Å². The number of unbranched alkanes of at least 4 members (excludes halogenated alkanes) is 3. The molecule has 0 bridgehead atoms. The molecule has 6 aromatic rings. The molecular weight excluding hydrogens is 827 g/mol. The molecule has 5 heterocycles. The minimum absolute atomic E-state index is 0.0473. The summed E-state index contributed by atoms with van der Waals surface area (Å²) in [7, 11) is 0. The van der Waals surface area contributed by atoms with E-state index in [2.05, 4.69) is 61.8 Å². The van der Waals surface area contributed by atoms with Crippen LogP contribution in [0.3, 0.4) is 0 Å². The van der Waals surface area contributed by atoms with Crippen molar-refractivity contribution in [2.45, 2.75) is 82.3 Å². The Labute approximate surface area is 374 Å². The zero-order valence-electron chi connectivity index (χ0n) is 36.0. The van der Waals surface area contributed by atoms with E-state index >= 15 is 0 Å². The molecule has 2 fully saturated rings. The third-order valence-electron chi connectivity index (χ3n) is 12.9. The van der Waals surface area contributed by atoms with Gasteiger partial charge in [-0.05, 0) is 80.3 Å². The molecule has 65 heavy (non-hydrogen) atoms. The van der Waals surface area contributed by atoms with E-state index in [1.165, 1.54) is 9.30 Å². The molecule has 5 N–H and O–H groups in total. The average Bonchev–Trinajstić information content (AvgIpc) is 3.80. The van der Waals surface area contributed by atoms with E-state index in [0.717, 1.165) is 83.8 Å². The summed E-state index contributed by atoms with van der Waals surface area (Å²) in [5.74, 6) is -1.01. The molecule has 1 saturated heterocycles. The number of nitrogens with one attached hydrogen (secondary N) is 5. The summed E-state index contributed by atoms with van der Waals surface area (Å²) in [6.45, 7) is 1.22. The van der Waals surface area contributed by atoms with Crippen LogP contribution in [0.5, 0.6) is 5.75 Å². The van der Waals surface area contributed by atoms with E-state index in [-0.39, 0.29) is 61.0 Å². The predicted molar refractivity (Wildman–Crippen MR) is 243 cm³/mol. The number of aromatic nitrogens is 4. The maximum atomic E-state index is 13.2. The lowest BCUT2D eigenvalue weighted by Crippen LogP contribution is -2.51. The Kier molecular flexibility index (Phi) is 12.5. The highest BCUT2D eigenvalue weighted by atomic mass is 16.5. The van der Waals surface area contributed by atoms with Crippen molar-refractivity contribution in [1.29, 1.82) is 0 Å². The molecule has 3 aliphatic rings. The largest absolute Gasteiger partial charge is 0.483 e. The van der Waals surface area contributed by atoms with Crippen LogP contribution in [-0.4, -0.2) is 86.3 Å². The first-order valence-electron chi connectivity index (χ1n) is 22.4. The Balaban J connectivity index is 0.701. The predicted octanol–water partition coefficient (Wildman–Crippen LogP) is 4.90. The fraction of sp³-hybridized carbons (Fsp3) is 0.347. The second-order valence-electron chi connectivity index (χ2n) is 17.0. The molecule has 1 aliphatic carbocycles. The van der Waals surface area contributed by atoms with Crippen LogP contribution in [0.15, 0.2) is 95.9 Å². The number of ether oxygens (including phenoxy) is 1. The molecule has 16 heteroatoms. The van der Waals surface area contributed by atoms with Gasteiger partial charge in [0.2, 0.25) is 17.7 Å². The number of fused-ring (bicyclic) bond motifs is 4. The standard InChI is InChI=1S/C49H51N9O7/c59-41-16-9-14-39(46(62)54-41)58-29-37-34(47(58)63)13-8-15-40(37)65-30-43(61)51-25-7-2-1-6-24-50-42(60)28-52-49(22-10-23-49)33-19-17-32(18-20-33)44-35(31-11-4-3-5-12-31)27-36-38(53-44)21-26-57-45(36)55-56-48(57)64/h3-5,8,11-13,15,17-21,26-27,39,52H,1-2,6-7,9-10,14,16,22-25,28-30H2,(H,50,60)(H,51,61)(H,56,64)(H,54,59,62)/t39-/m0/s1. The highest BCUT2D eigenvalue weighted by Crippen LogP contribution is 2.42. The van der Waals surface area contributed by atoms with Crippen LogP contribution in [0.4, 0.5) is 0 Å². The Morgan fingerprint density at radius 2 is 1.58 bits per heavy atom. The lowest BCUT2D eigenvalue weighted by Gasteiger charge is -2.43. The summed E-state index contributed by atoms with van der Waals surface area (Å²) < 4.78 is 7.32. The van der Waals surface area contributed by atoms with Gasteiger partial charge in [-0.25, -0.2) is 19.3 Å². The van der Waals surface area contributed by atoms with E-state index in [4.69, 9.17) is 9.72 Å². The summed E-state index contributed by atoms with van der Waals surface area (Å²) in [5, 5.41) is 19.4. The van der Waals surface area contributed by atoms with Crippen LogP contribution in [0, 0.1) is 0 Å². The van der Waals surface area contributed by atoms with Crippen LogP contribution in [-0.2, 0) is 31.3 Å². The number of pyridine rings is 2. The van der Waals surface area contributed by atoms with Gasteiger partial charge in [0.1, 0.15) is 11.8 Å². The summed E-state index contributed by atoms with van der Waals surface area (Å²) in [6.07, 6.45) is 9.16. The summed E-state index contributed by atoms with van der Waals surface area (Å²) in [6, 6.07) is 26.7. The molecular formula is C49H51N9O7. The first-order chi connectivity index (χ1) is 31.7. The number of rotatable bonds is 17. The van der Waals surface area contributed by atoms with E-state index in [9.17, 15) is 28.8 Å². The van der Waals surface area contributed by atoms with Gasteiger partial charge in [0, 0.05) is 58.9 Å². The summed E-state index contributed by atoms with van der Waals surface area (Å²) >= 11 is 0. The van der Waals surface area contributed by atoms with Crippen molar-refractivity contribution in [3.8, 4) is 28.1 Å². The monoisotopic (exact) mass is 877 g/mol. The van der Waals surface area contributed by atoms with Crippen molar-refractivity contribution in [3.05, 3.63) is 118 Å². The normalized spacial score (nSPS) is 16.8.